The van der Waals surface area contributed by atoms with Gasteiger partial charge in [-0.2, -0.15) is 0 Å². The van der Waals surface area contributed by atoms with Crippen molar-refractivity contribution < 1.29 is 18.9 Å². The average Bonchev–Trinajstić information content (AvgIpc) is 1.44. The van der Waals surface area contributed by atoms with Crippen LogP contribution in [-0.2, 0) is 0 Å². The Balaban J connectivity index is 0.969. The minimum Gasteiger partial charge on any atom is -0.492 e. The lowest BCUT2D eigenvalue weighted by molar-refractivity contribution is 0.295. The van der Waals surface area contributed by atoms with Gasteiger partial charge in [0.1, 0.15) is 39.1 Å². The summed E-state index contributed by atoms with van der Waals surface area (Å²) < 4.78 is 43.1. The molecule has 0 aliphatic carbocycles. The predicted octanol–water partition coefficient (Wildman–Crippen LogP) is 36.6. The molecule has 4 aliphatic heterocycles. The average molecular weight is 2190 g/mol. The lowest BCUT2D eigenvalue weighted by Gasteiger charge is -2.14. The second kappa shape index (κ2) is 60.5. The number of thioether (sulfide) groups is 16. The van der Waals surface area contributed by atoms with E-state index in [2.05, 4.69) is 284 Å². The van der Waals surface area contributed by atoms with Crippen molar-refractivity contribution in [1.29, 1.82) is 0 Å². The van der Waals surface area contributed by atoms with Gasteiger partial charge in [0, 0.05) is 67.4 Å². The van der Waals surface area contributed by atoms with E-state index in [4.69, 9.17) is 18.9 Å². The summed E-state index contributed by atoms with van der Waals surface area (Å²) in [6.45, 7) is 25.5. The van der Waals surface area contributed by atoms with E-state index in [1.54, 1.807) is 0 Å². The fourth-order valence-electron chi connectivity index (χ4n) is 16.8. The third-order valence-corrected chi connectivity index (χ3v) is 46.8. The number of ether oxygens (including phenoxy) is 4. The van der Waals surface area contributed by atoms with Gasteiger partial charge in [0.25, 0.3) is 0 Å². The Morgan fingerprint density at radius 1 is 0.221 bits per heavy atom. The summed E-state index contributed by atoms with van der Waals surface area (Å²) in [7, 11) is -3.52. The van der Waals surface area contributed by atoms with Gasteiger partial charge >= 0.3 is 0 Å². The molecule has 140 heavy (non-hydrogen) atoms. The van der Waals surface area contributed by atoms with Crippen LogP contribution in [0.1, 0.15) is 278 Å². The number of fused-ring (bicyclic) bond motifs is 4. The van der Waals surface area contributed by atoms with Gasteiger partial charge in [0.15, 0.2) is 0 Å². The van der Waals surface area contributed by atoms with Crippen LogP contribution in [0.5, 0.6) is 23.0 Å². The van der Waals surface area contributed by atoms with E-state index in [9.17, 15) is 0 Å². The van der Waals surface area contributed by atoms with Crippen LogP contribution in [0, 0.1) is 70.3 Å². The first-order valence-corrected chi connectivity index (χ1v) is 73.8. The van der Waals surface area contributed by atoms with Gasteiger partial charge in [-0.25, -0.2) is 0 Å². The number of unbranched alkanes of at least 4 members (excludes halogenated alkanes) is 28. The van der Waals surface area contributed by atoms with E-state index in [0.717, 1.165) is 119 Å². The molecule has 0 unspecified atom stereocenters. The molecule has 0 amide bonds. The fourth-order valence-corrected chi connectivity index (χ4v) is 38.3. The molecule has 0 spiro atoms. The van der Waals surface area contributed by atoms with Crippen LogP contribution < -0.4 is 39.8 Å². The summed E-state index contributed by atoms with van der Waals surface area (Å²) in [5, 5.41) is 14.3. The molecular weight excluding hydrogens is 2050 g/mol. The Morgan fingerprint density at radius 2 is 0.414 bits per heavy atom. The molecule has 0 saturated heterocycles. The van der Waals surface area contributed by atoms with Crippen molar-refractivity contribution in [1.82, 2.24) is 0 Å². The van der Waals surface area contributed by atoms with Crippen molar-refractivity contribution in [3.63, 3.8) is 0 Å². The summed E-state index contributed by atoms with van der Waals surface area (Å²) in [4.78, 5) is 0. The van der Waals surface area contributed by atoms with Crippen molar-refractivity contribution in [2.75, 3.05) is 76.5 Å². The molecule has 742 valence electrons. The molecule has 4 nitrogen and oxygen atoms in total. The highest BCUT2D eigenvalue weighted by molar-refractivity contribution is 8.47. The normalized spacial score (nSPS) is 13.9. The second-order valence-electron chi connectivity index (χ2n) is 37.4. The highest BCUT2D eigenvalue weighted by Gasteiger charge is 2.30. The molecule has 0 atom stereocenters. The predicted molar refractivity (Wildman–Crippen MR) is 663 cm³/mol. The van der Waals surface area contributed by atoms with Crippen molar-refractivity contribution in [3.8, 4) is 93.3 Å². The zero-order valence-electron chi connectivity index (χ0n) is 85.9. The first-order chi connectivity index (χ1) is 68.2. The zero-order valence-corrected chi connectivity index (χ0v) is 101. The van der Waals surface area contributed by atoms with Gasteiger partial charge in [0.05, 0.1) is 99.5 Å². The van der Waals surface area contributed by atoms with Crippen LogP contribution in [0.2, 0.25) is 39.3 Å². The van der Waals surface area contributed by atoms with Gasteiger partial charge in [-0.05, 0) is 179 Å². The van der Waals surface area contributed by atoms with Crippen LogP contribution in [-0.4, -0.2) is 92.6 Å². The number of rotatable bonds is 48. The quantitative estimate of drug-likeness (QED) is 0.0157. The summed E-state index contributed by atoms with van der Waals surface area (Å²) in [6, 6.07) is 36.3. The van der Waals surface area contributed by atoms with Crippen LogP contribution >= 0.6 is 188 Å². The fraction of sp³-hybridized carbons (Fsp3) is 0.458. The van der Waals surface area contributed by atoms with Gasteiger partial charge in [-0.3, -0.25) is 0 Å². The maximum atomic E-state index is 6.88. The first kappa shape index (κ1) is 115. The number of benzene rings is 8. The van der Waals surface area contributed by atoms with Crippen LogP contribution in [0.3, 0.4) is 0 Å². The molecule has 8 aromatic carbocycles. The van der Waals surface area contributed by atoms with Gasteiger partial charge < -0.3 is 18.9 Å². The molecule has 22 heteroatoms. The first-order valence-electron chi connectivity index (χ1n) is 50.5. The van der Waals surface area contributed by atoms with E-state index in [1.807, 2.05) is 188 Å². The van der Waals surface area contributed by atoms with E-state index in [-0.39, 0.29) is 0 Å². The van der Waals surface area contributed by atoms with Gasteiger partial charge in [-0.1, -0.05) is 412 Å². The van der Waals surface area contributed by atoms with Gasteiger partial charge in [0.2, 0.25) is 0 Å². The molecule has 0 bridgehead atoms. The summed E-state index contributed by atoms with van der Waals surface area (Å²) in [6.07, 6.45) is 57.1. The summed E-state index contributed by atoms with van der Waals surface area (Å²) >= 11 is 29.9. The molecule has 0 radical (unpaired) electrons. The standard InChI is InChI=1S/C118H142O4S16Si2/c1-19-23-27-31-35-39-43-49-69-119-99-81-89(67-73-139(13,14)15)101(121-71-51-45-41-37-33-29-25-21-3)79-87(99)61-55-85-59-65-93-97(77-85)105(109-135-115(127-9)116(128-10)136-109)91-63-57-83(75-95(91)103(93)107-131-111(123-5)112(124-6)132-107)53-47-48-54-84-58-64-92-96(76-84)104(108-133-113(125-7)114(126-8)134-108)94-66-60-86(78-98(94)106(92)110-137-117(129-11)118(130-12)138-110)56-62-88-80-102(122-72-52-46-42-38-34-30-26-22-4)90(68-74-140(16,17)18)82-100(88)120-70-50-44-40-36-32-28-24-20-2/h57-60,63-66,75-82H,19-46,49-52,69-72H2,1-18H3. The van der Waals surface area contributed by atoms with E-state index < -0.39 is 16.1 Å². The van der Waals surface area contributed by atoms with Crippen LogP contribution in [0.4, 0.5) is 0 Å². The van der Waals surface area contributed by atoms with Crippen LogP contribution in [0.15, 0.2) is 131 Å². The SMILES string of the molecule is CCCCCCCCCCOc1cc(C#C[Si](C)(C)C)c(OCCCCCCCCCC)cc1C#Cc1ccc2c(=C3SC(SC)=C(SC)S3)c3cc(C#CC#Cc4ccc5c(=C6SC(SC)=C(SC)S6)c6cc(C#Cc7cc(OCCCCCCCCCC)c(C#C[Si](C)(C)C)cc7OCCCCCCCCCC)ccc6c(=C6SC(SC)=C(SC)S6)c5c4)ccc3c(=C3SC(SC)=C(SC)S3)c2c1. The maximum absolute atomic E-state index is 6.88. The Kier molecular flexibility index (Phi) is 49.5. The Morgan fingerprint density at radius 3 is 0.614 bits per heavy atom. The van der Waals surface area contributed by atoms with E-state index in [1.165, 1.54) is 269 Å². The third kappa shape index (κ3) is 33.7. The zero-order chi connectivity index (χ0) is 99.2. The lowest BCUT2D eigenvalue weighted by atomic mass is 9.96. The minimum absolute atomic E-state index is 0.621. The lowest BCUT2D eigenvalue weighted by Crippen LogP contribution is -2.17. The highest BCUT2D eigenvalue weighted by Crippen LogP contribution is 2.61. The molecule has 12 rings (SSSR count). The largest absolute Gasteiger partial charge is 0.492 e. The molecular formula is C118H142O4S16Si2. The van der Waals surface area contributed by atoms with Crippen molar-refractivity contribution in [3.05, 3.63) is 196 Å². The van der Waals surface area contributed by atoms with E-state index in [0.29, 0.717) is 26.4 Å². The van der Waals surface area contributed by atoms with Crippen molar-refractivity contribution >= 4 is 264 Å². The maximum Gasteiger partial charge on any atom is 0.136 e. The Hall–Kier alpha value is -4.17. The van der Waals surface area contributed by atoms with Gasteiger partial charge in [-0.15, -0.1) is 105 Å². The Bertz CT molecular complexity index is 6080. The summed E-state index contributed by atoms with van der Waals surface area (Å²) in [5.41, 5.74) is 14.5. The molecule has 4 aliphatic rings. The molecule has 8 aromatic rings. The van der Waals surface area contributed by atoms with Crippen molar-refractivity contribution in [2.24, 2.45) is 0 Å². The molecule has 0 saturated carbocycles. The van der Waals surface area contributed by atoms with E-state index >= 15 is 0 Å². The Labute approximate surface area is 911 Å². The smallest absolute Gasteiger partial charge is 0.136 e. The number of hydrogen-bond acceptors (Lipinski definition) is 20. The molecule has 4 heterocycles. The minimum atomic E-state index is -1.76. The third-order valence-electron chi connectivity index (χ3n) is 24.2. The van der Waals surface area contributed by atoms with Crippen molar-refractivity contribution in [2.45, 2.75) is 272 Å². The number of hydrogen-bond donors (Lipinski definition) is 0. The monoisotopic (exact) mass is 2190 g/mol. The van der Waals surface area contributed by atoms with Crippen LogP contribution in [0.25, 0.3) is 60.0 Å². The highest BCUT2D eigenvalue weighted by atomic mass is 32.3. The summed E-state index contributed by atoms with van der Waals surface area (Å²) in [5.74, 6) is 39.6. The second-order valence-corrected chi connectivity index (χ2v) is 64.7. The molecule has 0 N–H and O–H groups in total. The molecule has 0 aromatic heterocycles. The topological polar surface area (TPSA) is 36.9 Å². The molecule has 0 fully saturated rings.